The maximum absolute atomic E-state index is 12.2. The molecule has 2 amide bonds. The van der Waals surface area contributed by atoms with Gasteiger partial charge in [-0.25, -0.2) is 0 Å². The molecule has 23 heavy (non-hydrogen) atoms. The molecule has 0 radical (unpaired) electrons. The third-order valence-corrected chi connectivity index (χ3v) is 3.17. The van der Waals surface area contributed by atoms with E-state index in [1.165, 1.54) is 0 Å². The maximum atomic E-state index is 12.2. The topological polar surface area (TPSA) is 58.2 Å². The maximum Gasteiger partial charge on any atom is 0.255 e. The average Bonchev–Trinajstić information content (AvgIpc) is 2.46. The summed E-state index contributed by atoms with van der Waals surface area (Å²) >= 11 is 0. The second-order valence-corrected chi connectivity index (χ2v) is 6.61. The molecule has 2 rings (SSSR count). The zero-order valence-corrected chi connectivity index (χ0v) is 13.9. The van der Waals surface area contributed by atoms with Crippen molar-refractivity contribution in [3.8, 4) is 0 Å². The van der Waals surface area contributed by atoms with Crippen LogP contribution < -0.4 is 10.6 Å². The molecule has 0 fully saturated rings. The summed E-state index contributed by atoms with van der Waals surface area (Å²) in [6, 6.07) is 14.3. The van der Waals surface area contributed by atoms with E-state index < -0.39 is 0 Å². The van der Waals surface area contributed by atoms with E-state index in [4.69, 9.17) is 0 Å². The van der Waals surface area contributed by atoms with Crippen molar-refractivity contribution >= 4 is 17.5 Å². The van der Waals surface area contributed by atoms with Gasteiger partial charge in [-0.1, -0.05) is 17.7 Å². The molecule has 0 saturated heterocycles. The standard InChI is InChI=1S/C19H22N2O2/c1-13-6-5-7-15(12-13)17(22)20-16-10-8-14(9-11-16)18(23)21-19(2,3)4/h5-12H,1-4H3,(H,20,22)(H,21,23). The van der Waals surface area contributed by atoms with Crippen LogP contribution >= 0.6 is 0 Å². The quantitative estimate of drug-likeness (QED) is 0.906. The summed E-state index contributed by atoms with van der Waals surface area (Å²) in [5.74, 6) is -0.297. The van der Waals surface area contributed by atoms with Gasteiger partial charge in [-0.3, -0.25) is 9.59 Å². The molecule has 2 N–H and O–H groups in total. The Labute approximate surface area is 136 Å². The van der Waals surface area contributed by atoms with Gasteiger partial charge in [0.25, 0.3) is 11.8 Å². The molecule has 0 aliphatic rings. The number of carbonyl (C=O) groups is 2. The van der Waals surface area contributed by atoms with E-state index in [-0.39, 0.29) is 17.4 Å². The van der Waals surface area contributed by atoms with Crippen molar-refractivity contribution in [3.63, 3.8) is 0 Å². The van der Waals surface area contributed by atoms with Gasteiger partial charge in [-0.2, -0.15) is 0 Å². The fraction of sp³-hybridized carbons (Fsp3) is 0.263. The first kappa shape index (κ1) is 16.7. The lowest BCUT2D eigenvalue weighted by atomic mass is 10.1. The summed E-state index contributed by atoms with van der Waals surface area (Å²) in [4.78, 5) is 24.2. The van der Waals surface area contributed by atoms with Crippen LogP contribution in [0.3, 0.4) is 0 Å². The number of anilines is 1. The van der Waals surface area contributed by atoms with Gasteiger partial charge >= 0.3 is 0 Å². The van der Waals surface area contributed by atoms with Crippen molar-refractivity contribution in [2.24, 2.45) is 0 Å². The van der Waals surface area contributed by atoms with Crippen molar-refractivity contribution < 1.29 is 9.59 Å². The van der Waals surface area contributed by atoms with Gasteiger partial charge in [-0.15, -0.1) is 0 Å². The van der Waals surface area contributed by atoms with Crippen molar-refractivity contribution in [1.82, 2.24) is 5.32 Å². The SMILES string of the molecule is Cc1cccc(C(=O)Nc2ccc(C(=O)NC(C)(C)C)cc2)c1. The predicted octanol–water partition coefficient (Wildman–Crippen LogP) is 3.78. The Morgan fingerprint density at radius 2 is 1.52 bits per heavy atom. The molecular weight excluding hydrogens is 288 g/mol. The van der Waals surface area contributed by atoms with E-state index in [0.717, 1.165) is 5.56 Å². The zero-order valence-electron chi connectivity index (χ0n) is 13.9. The molecule has 2 aromatic carbocycles. The third-order valence-electron chi connectivity index (χ3n) is 3.17. The Kier molecular flexibility index (Phi) is 4.84. The van der Waals surface area contributed by atoms with Crippen LogP contribution in [0, 0.1) is 6.92 Å². The minimum atomic E-state index is -0.283. The van der Waals surface area contributed by atoms with E-state index in [1.54, 1.807) is 30.3 Å². The van der Waals surface area contributed by atoms with E-state index in [9.17, 15) is 9.59 Å². The molecule has 0 aliphatic carbocycles. The highest BCUT2D eigenvalue weighted by Gasteiger charge is 2.15. The minimum Gasteiger partial charge on any atom is -0.347 e. The normalized spacial score (nSPS) is 11.0. The van der Waals surface area contributed by atoms with Crippen molar-refractivity contribution in [3.05, 3.63) is 65.2 Å². The molecule has 2 aromatic rings. The van der Waals surface area contributed by atoms with Crippen LogP contribution in [0.1, 0.15) is 47.1 Å². The van der Waals surface area contributed by atoms with Gasteiger partial charge in [0.15, 0.2) is 0 Å². The number of hydrogen-bond donors (Lipinski definition) is 2. The Balaban J connectivity index is 2.05. The van der Waals surface area contributed by atoms with E-state index >= 15 is 0 Å². The van der Waals surface area contributed by atoms with E-state index in [1.807, 2.05) is 45.9 Å². The molecule has 4 nitrogen and oxygen atoms in total. The summed E-state index contributed by atoms with van der Waals surface area (Å²) in [5, 5.41) is 5.73. The summed E-state index contributed by atoms with van der Waals surface area (Å²) in [5.41, 5.74) is 2.58. The molecule has 0 aliphatic heterocycles. The van der Waals surface area contributed by atoms with E-state index in [2.05, 4.69) is 10.6 Å². The molecule has 0 spiro atoms. The summed E-state index contributed by atoms with van der Waals surface area (Å²) in [7, 11) is 0. The van der Waals surface area contributed by atoms with Crippen LogP contribution in [0.25, 0.3) is 0 Å². The highest BCUT2D eigenvalue weighted by Crippen LogP contribution is 2.13. The number of aryl methyl sites for hydroxylation is 1. The molecule has 4 heteroatoms. The van der Waals surface area contributed by atoms with Gasteiger partial charge in [0.2, 0.25) is 0 Å². The molecule has 0 heterocycles. The van der Waals surface area contributed by atoms with Crippen LogP contribution in [0.15, 0.2) is 48.5 Å². The first-order valence-corrected chi connectivity index (χ1v) is 7.55. The molecule has 0 unspecified atom stereocenters. The van der Waals surface area contributed by atoms with Crippen LogP contribution in [0.4, 0.5) is 5.69 Å². The monoisotopic (exact) mass is 310 g/mol. The third kappa shape index (κ3) is 4.95. The van der Waals surface area contributed by atoms with Crippen LogP contribution in [0.2, 0.25) is 0 Å². The first-order chi connectivity index (χ1) is 10.7. The molecule has 0 atom stereocenters. The largest absolute Gasteiger partial charge is 0.347 e. The van der Waals surface area contributed by atoms with Crippen molar-refractivity contribution in [2.75, 3.05) is 5.32 Å². The minimum absolute atomic E-state index is 0.130. The van der Waals surface area contributed by atoms with Crippen molar-refractivity contribution in [1.29, 1.82) is 0 Å². The summed E-state index contributed by atoms with van der Waals surface area (Å²) < 4.78 is 0. The highest BCUT2D eigenvalue weighted by atomic mass is 16.2. The second-order valence-electron chi connectivity index (χ2n) is 6.61. The zero-order chi connectivity index (χ0) is 17.0. The average molecular weight is 310 g/mol. The molecular formula is C19H22N2O2. The number of carbonyl (C=O) groups excluding carboxylic acids is 2. The Morgan fingerprint density at radius 1 is 0.870 bits per heavy atom. The predicted molar refractivity (Wildman–Crippen MR) is 92.8 cm³/mol. The fourth-order valence-corrected chi connectivity index (χ4v) is 2.11. The van der Waals surface area contributed by atoms with Crippen LogP contribution in [0.5, 0.6) is 0 Å². The lowest BCUT2D eigenvalue weighted by Crippen LogP contribution is -2.40. The van der Waals surface area contributed by atoms with E-state index in [0.29, 0.717) is 16.8 Å². The van der Waals surface area contributed by atoms with Gasteiger partial charge in [0.1, 0.15) is 0 Å². The second kappa shape index (κ2) is 6.65. The first-order valence-electron chi connectivity index (χ1n) is 7.55. The number of rotatable bonds is 3. The van der Waals surface area contributed by atoms with Crippen LogP contribution in [-0.2, 0) is 0 Å². The lowest BCUT2D eigenvalue weighted by molar-refractivity contribution is 0.0919. The fourth-order valence-electron chi connectivity index (χ4n) is 2.11. The van der Waals surface area contributed by atoms with Gasteiger partial charge in [0.05, 0.1) is 0 Å². The molecule has 0 aromatic heterocycles. The molecule has 0 bridgehead atoms. The number of hydrogen-bond acceptors (Lipinski definition) is 2. The highest BCUT2D eigenvalue weighted by molar-refractivity contribution is 6.04. The Morgan fingerprint density at radius 3 is 2.09 bits per heavy atom. The Hall–Kier alpha value is -2.62. The number of nitrogens with one attached hydrogen (secondary N) is 2. The molecule has 120 valence electrons. The summed E-state index contributed by atoms with van der Waals surface area (Å²) in [6.45, 7) is 7.74. The number of benzene rings is 2. The van der Waals surface area contributed by atoms with Crippen molar-refractivity contribution in [2.45, 2.75) is 33.2 Å². The van der Waals surface area contributed by atoms with Gasteiger partial charge in [-0.05, 0) is 64.1 Å². The number of amides is 2. The smallest absolute Gasteiger partial charge is 0.255 e. The lowest BCUT2D eigenvalue weighted by Gasteiger charge is -2.20. The summed E-state index contributed by atoms with van der Waals surface area (Å²) in [6.07, 6.45) is 0. The Bertz CT molecular complexity index is 713. The van der Waals surface area contributed by atoms with Gasteiger partial charge in [0, 0.05) is 22.4 Å². The van der Waals surface area contributed by atoms with Gasteiger partial charge < -0.3 is 10.6 Å². The molecule has 0 saturated carbocycles. The van der Waals surface area contributed by atoms with Crippen LogP contribution in [-0.4, -0.2) is 17.4 Å².